The summed E-state index contributed by atoms with van der Waals surface area (Å²) >= 11 is 0. The number of benzene rings is 1. The average Bonchev–Trinajstić information content (AvgIpc) is 2.27. The van der Waals surface area contributed by atoms with Crippen molar-refractivity contribution in [3.63, 3.8) is 0 Å². The molecule has 17 heavy (non-hydrogen) atoms. The van der Waals surface area contributed by atoms with Crippen molar-refractivity contribution in [1.29, 1.82) is 0 Å². The molecular formula is C12H17ClO3S. The molecule has 0 spiro atoms. The summed E-state index contributed by atoms with van der Waals surface area (Å²) in [7, 11) is 1.78. The summed E-state index contributed by atoms with van der Waals surface area (Å²) in [6, 6.07) is 9.56. The quantitative estimate of drug-likeness (QED) is 0.719. The van der Waals surface area contributed by atoms with Crippen LogP contribution in [0.25, 0.3) is 0 Å². The smallest absolute Gasteiger partial charge is 0.232 e. The fraction of sp³-hybridized carbons (Fsp3) is 0.500. The topological polar surface area (TPSA) is 43.4 Å². The van der Waals surface area contributed by atoms with Crippen LogP contribution in [0.2, 0.25) is 0 Å². The third kappa shape index (κ3) is 7.23. The molecule has 0 aromatic heterocycles. The van der Waals surface area contributed by atoms with E-state index in [1.807, 2.05) is 37.3 Å². The number of hydrogen-bond acceptors (Lipinski definition) is 3. The summed E-state index contributed by atoms with van der Waals surface area (Å²) < 4.78 is 27.1. The Morgan fingerprint density at radius 2 is 1.88 bits per heavy atom. The van der Waals surface area contributed by atoms with E-state index in [1.54, 1.807) is 0 Å². The molecule has 0 N–H and O–H groups in total. The monoisotopic (exact) mass is 276 g/mol. The molecule has 1 aromatic carbocycles. The molecule has 3 nitrogen and oxygen atoms in total. The van der Waals surface area contributed by atoms with Gasteiger partial charge in [-0.05, 0) is 30.9 Å². The first-order valence-electron chi connectivity index (χ1n) is 5.57. The second-order valence-electron chi connectivity index (χ2n) is 4.09. The second kappa shape index (κ2) is 6.87. The van der Waals surface area contributed by atoms with Crippen LogP contribution in [0.4, 0.5) is 0 Å². The molecule has 0 heterocycles. The minimum atomic E-state index is -3.36. The number of hydrogen-bond donors (Lipinski definition) is 0. The summed E-state index contributed by atoms with van der Waals surface area (Å²) in [4.78, 5) is 0. The zero-order chi connectivity index (χ0) is 12.7. The normalized spacial score (nSPS) is 13.3. The Hall–Kier alpha value is -0.740. The Morgan fingerprint density at radius 1 is 1.24 bits per heavy atom. The third-order valence-corrected chi connectivity index (χ3v) is 3.66. The van der Waals surface area contributed by atoms with Crippen molar-refractivity contribution in [1.82, 2.24) is 0 Å². The highest BCUT2D eigenvalue weighted by Gasteiger charge is 2.09. The van der Waals surface area contributed by atoms with Gasteiger partial charge in [0.15, 0.2) is 0 Å². The Kier molecular flexibility index (Phi) is 5.78. The molecule has 1 rings (SSSR count). The highest BCUT2D eigenvalue weighted by molar-refractivity contribution is 8.13. The molecule has 0 radical (unpaired) electrons. The van der Waals surface area contributed by atoms with Gasteiger partial charge >= 0.3 is 0 Å². The Balaban J connectivity index is 2.18. The highest BCUT2D eigenvalue weighted by atomic mass is 35.7. The van der Waals surface area contributed by atoms with E-state index in [-0.39, 0.29) is 11.7 Å². The number of para-hydroxylation sites is 1. The van der Waals surface area contributed by atoms with Crippen molar-refractivity contribution in [2.24, 2.45) is 5.92 Å². The Bertz CT molecular complexity index is 417. The van der Waals surface area contributed by atoms with E-state index in [1.165, 1.54) is 0 Å². The average molecular weight is 277 g/mol. The Morgan fingerprint density at radius 3 is 2.47 bits per heavy atom. The van der Waals surface area contributed by atoms with Crippen molar-refractivity contribution >= 4 is 19.7 Å². The van der Waals surface area contributed by atoms with Gasteiger partial charge in [0.25, 0.3) is 0 Å². The second-order valence-corrected chi connectivity index (χ2v) is 6.98. The summed E-state index contributed by atoms with van der Waals surface area (Å²) in [5.41, 5.74) is 0. The van der Waals surface area contributed by atoms with E-state index in [4.69, 9.17) is 15.4 Å². The van der Waals surface area contributed by atoms with E-state index in [9.17, 15) is 8.42 Å². The van der Waals surface area contributed by atoms with E-state index < -0.39 is 9.05 Å². The molecule has 1 aromatic rings. The van der Waals surface area contributed by atoms with E-state index in [2.05, 4.69) is 0 Å². The first-order chi connectivity index (χ1) is 7.97. The van der Waals surface area contributed by atoms with Gasteiger partial charge in [-0.3, -0.25) is 0 Å². The molecule has 0 saturated carbocycles. The lowest BCUT2D eigenvalue weighted by molar-refractivity contribution is 0.282. The standard InChI is InChI=1S/C12H17ClO3S/c1-11(8-10-17(13,14)15)7-9-16-12-5-3-2-4-6-12/h2-6,11H,7-10H2,1H3. The summed E-state index contributed by atoms with van der Waals surface area (Å²) in [5.74, 6) is 1.15. The molecule has 0 amide bonds. The van der Waals surface area contributed by atoms with Gasteiger partial charge in [-0.15, -0.1) is 0 Å². The van der Waals surface area contributed by atoms with Crippen LogP contribution in [0.15, 0.2) is 30.3 Å². The molecule has 1 atom stereocenters. The number of ether oxygens (including phenoxy) is 1. The van der Waals surface area contributed by atoms with Crippen molar-refractivity contribution in [3.05, 3.63) is 30.3 Å². The van der Waals surface area contributed by atoms with Crippen molar-refractivity contribution in [2.75, 3.05) is 12.4 Å². The summed E-state index contributed by atoms with van der Waals surface area (Å²) in [6.07, 6.45) is 1.39. The number of rotatable bonds is 7. The Labute approximate surface area is 107 Å². The molecule has 1 unspecified atom stereocenters. The fourth-order valence-electron chi connectivity index (χ4n) is 1.38. The van der Waals surface area contributed by atoms with Gasteiger partial charge in [0.05, 0.1) is 12.4 Å². The van der Waals surface area contributed by atoms with Crippen LogP contribution in [0, 0.1) is 5.92 Å². The van der Waals surface area contributed by atoms with Gasteiger partial charge in [-0.2, -0.15) is 0 Å². The third-order valence-electron chi connectivity index (χ3n) is 2.48. The minimum Gasteiger partial charge on any atom is -0.494 e. The lowest BCUT2D eigenvalue weighted by Gasteiger charge is -2.11. The van der Waals surface area contributed by atoms with E-state index >= 15 is 0 Å². The van der Waals surface area contributed by atoms with Crippen LogP contribution < -0.4 is 4.74 Å². The van der Waals surface area contributed by atoms with Gasteiger partial charge in [0.2, 0.25) is 9.05 Å². The molecule has 0 fully saturated rings. The summed E-state index contributed by atoms with van der Waals surface area (Å²) in [6.45, 7) is 2.59. The highest BCUT2D eigenvalue weighted by Crippen LogP contribution is 2.13. The fourth-order valence-corrected chi connectivity index (χ4v) is 2.33. The van der Waals surface area contributed by atoms with Gasteiger partial charge in [-0.25, -0.2) is 8.42 Å². The SMILES string of the molecule is CC(CCOc1ccccc1)CCS(=O)(=O)Cl. The van der Waals surface area contributed by atoms with E-state index in [0.29, 0.717) is 13.0 Å². The first kappa shape index (κ1) is 14.3. The zero-order valence-electron chi connectivity index (χ0n) is 9.80. The lowest BCUT2D eigenvalue weighted by Crippen LogP contribution is -2.08. The minimum absolute atomic E-state index is 0.0288. The predicted octanol–water partition coefficient (Wildman–Crippen LogP) is 3.05. The predicted molar refractivity (Wildman–Crippen MR) is 70.0 cm³/mol. The maximum atomic E-state index is 10.8. The maximum Gasteiger partial charge on any atom is 0.232 e. The van der Waals surface area contributed by atoms with Crippen molar-refractivity contribution in [2.45, 2.75) is 19.8 Å². The van der Waals surface area contributed by atoms with Crippen LogP contribution >= 0.6 is 10.7 Å². The van der Waals surface area contributed by atoms with Gasteiger partial charge in [0, 0.05) is 10.7 Å². The summed E-state index contributed by atoms with van der Waals surface area (Å²) in [5, 5.41) is 0. The molecule has 0 bridgehead atoms. The maximum absolute atomic E-state index is 10.8. The molecule has 0 saturated heterocycles. The molecule has 5 heteroatoms. The van der Waals surface area contributed by atoms with Crippen LogP contribution in [-0.4, -0.2) is 20.8 Å². The molecular weight excluding hydrogens is 260 g/mol. The van der Waals surface area contributed by atoms with E-state index in [0.717, 1.165) is 12.2 Å². The van der Waals surface area contributed by atoms with Crippen molar-refractivity contribution < 1.29 is 13.2 Å². The van der Waals surface area contributed by atoms with Crippen LogP contribution in [-0.2, 0) is 9.05 Å². The van der Waals surface area contributed by atoms with Gasteiger partial charge in [0.1, 0.15) is 5.75 Å². The van der Waals surface area contributed by atoms with Crippen LogP contribution in [0.5, 0.6) is 5.75 Å². The first-order valence-corrected chi connectivity index (χ1v) is 8.05. The molecule has 96 valence electrons. The van der Waals surface area contributed by atoms with Crippen LogP contribution in [0.3, 0.4) is 0 Å². The van der Waals surface area contributed by atoms with Crippen LogP contribution in [0.1, 0.15) is 19.8 Å². The lowest BCUT2D eigenvalue weighted by atomic mass is 10.1. The number of halogens is 1. The van der Waals surface area contributed by atoms with Gasteiger partial charge in [-0.1, -0.05) is 25.1 Å². The molecule has 0 aliphatic heterocycles. The molecule has 0 aliphatic carbocycles. The zero-order valence-corrected chi connectivity index (χ0v) is 11.4. The van der Waals surface area contributed by atoms with Gasteiger partial charge < -0.3 is 4.74 Å². The molecule has 0 aliphatic rings. The van der Waals surface area contributed by atoms with Crippen molar-refractivity contribution in [3.8, 4) is 5.75 Å². The largest absolute Gasteiger partial charge is 0.494 e.